The van der Waals surface area contributed by atoms with Crippen LogP contribution in [0.4, 0.5) is 0 Å². The van der Waals surface area contributed by atoms with Crippen LogP contribution in [0.1, 0.15) is 16.3 Å². The van der Waals surface area contributed by atoms with Crippen LogP contribution in [0.2, 0.25) is 0 Å². The van der Waals surface area contributed by atoms with Crippen molar-refractivity contribution >= 4 is 5.91 Å². The van der Waals surface area contributed by atoms with E-state index in [0.717, 1.165) is 0 Å². The quantitative estimate of drug-likeness (QED) is 0.659. The predicted molar refractivity (Wildman–Crippen MR) is 44.6 cm³/mol. The number of terminal acetylenes is 1. The molecule has 0 radical (unpaired) electrons. The fourth-order valence-electron chi connectivity index (χ4n) is 0.775. The highest BCUT2D eigenvalue weighted by molar-refractivity contribution is 5.91. The van der Waals surface area contributed by atoms with Crippen molar-refractivity contribution in [3.8, 4) is 12.3 Å². The van der Waals surface area contributed by atoms with Crippen LogP contribution in [0, 0.1) is 19.3 Å². The average molecular weight is 163 g/mol. The molecule has 1 aromatic rings. The van der Waals surface area contributed by atoms with Crippen LogP contribution < -0.4 is 5.32 Å². The summed E-state index contributed by atoms with van der Waals surface area (Å²) in [6, 6.07) is 3.34. The second-order valence-corrected chi connectivity index (χ2v) is 2.30. The maximum atomic E-state index is 11.1. The Morgan fingerprint density at radius 2 is 2.50 bits per heavy atom. The van der Waals surface area contributed by atoms with Gasteiger partial charge in [0, 0.05) is 0 Å². The van der Waals surface area contributed by atoms with Crippen molar-refractivity contribution in [3.63, 3.8) is 0 Å². The van der Waals surface area contributed by atoms with Gasteiger partial charge in [-0.05, 0) is 19.1 Å². The van der Waals surface area contributed by atoms with E-state index in [1.165, 1.54) is 0 Å². The van der Waals surface area contributed by atoms with Gasteiger partial charge in [0.2, 0.25) is 0 Å². The lowest BCUT2D eigenvalue weighted by molar-refractivity contribution is 0.0930. The van der Waals surface area contributed by atoms with Gasteiger partial charge in [0.25, 0.3) is 5.91 Å². The zero-order valence-corrected chi connectivity index (χ0v) is 6.76. The van der Waals surface area contributed by atoms with Gasteiger partial charge < -0.3 is 9.73 Å². The topological polar surface area (TPSA) is 42.2 Å². The van der Waals surface area contributed by atoms with Crippen molar-refractivity contribution in [2.24, 2.45) is 0 Å². The van der Waals surface area contributed by atoms with Crippen LogP contribution in [0.5, 0.6) is 0 Å². The molecule has 3 nitrogen and oxygen atoms in total. The summed E-state index contributed by atoms with van der Waals surface area (Å²) < 4.78 is 5.06. The van der Waals surface area contributed by atoms with Crippen molar-refractivity contribution in [2.45, 2.75) is 6.92 Å². The molecule has 1 N–H and O–H groups in total. The van der Waals surface area contributed by atoms with Gasteiger partial charge in [-0.15, -0.1) is 6.42 Å². The Balaban J connectivity index is 2.61. The van der Waals surface area contributed by atoms with Crippen LogP contribution in [-0.4, -0.2) is 12.5 Å². The molecule has 1 aromatic heterocycles. The van der Waals surface area contributed by atoms with E-state index in [1.54, 1.807) is 19.1 Å². The Kier molecular flexibility index (Phi) is 2.54. The van der Waals surface area contributed by atoms with Crippen LogP contribution in [0.25, 0.3) is 0 Å². The maximum absolute atomic E-state index is 11.1. The molecular formula is C9H9NO2. The van der Waals surface area contributed by atoms with Gasteiger partial charge in [-0.1, -0.05) is 5.92 Å². The number of nitrogens with one attached hydrogen (secondary N) is 1. The second kappa shape index (κ2) is 3.63. The summed E-state index contributed by atoms with van der Waals surface area (Å²) in [5, 5.41) is 2.49. The summed E-state index contributed by atoms with van der Waals surface area (Å²) in [5.41, 5.74) is 0. The minimum Gasteiger partial charge on any atom is -0.456 e. The van der Waals surface area contributed by atoms with Crippen LogP contribution >= 0.6 is 0 Å². The molecule has 1 amide bonds. The van der Waals surface area contributed by atoms with E-state index in [4.69, 9.17) is 10.8 Å². The summed E-state index contributed by atoms with van der Waals surface area (Å²) in [4.78, 5) is 11.1. The summed E-state index contributed by atoms with van der Waals surface area (Å²) in [6.07, 6.45) is 4.96. The smallest absolute Gasteiger partial charge is 0.287 e. The number of carbonyl (C=O) groups excluding carboxylic acids is 1. The molecule has 0 saturated carbocycles. The molecule has 0 aliphatic carbocycles. The number of carbonyl (C=O) groups is 1. The molecule has 3 heteroatoms. The molecule has 0 atom stereocenters. The van der Waals surface area contributed by atoms with Gasteiger partial charge in [-0.3, -0.25) is 4.79 Å². The third-order valence-electron chi connectivity index (χ3n) is 1.32. The first-order valence-corrected chi connectivity index (χ1v) is 3.52. The molecular weight excluding hydrogens is 154 g/mol. The van der Waals surface area contributed by atoms with Crippen molar-refractivity contribution in [2.75, 3.05) is 6.54 Å². The van der Waals surface area contributed by atoms with Crippen LogP contribution in [-0.2, 0) is 0 Å². The standard InChI is InChI=1S/C9H9NO2/c1-3-6-10-9(11)8-5-4-7(2)12-8/h1,4-5H,6H2,2H3,(H,10,11). The fraction of sp³-hybridized carbons (Fsp3) is 0.222. The van der Waals surface area contributed by atoms with Crippen LogP contribution in [0.15, 0.2) is 16.5 Å². The molecule has 0 aliphatic rings. The highest BCUT2D eigenvalue weighted by Gasteiger charge is 2.07. The van der Waals surface area contributed by atoms with Crippen molar-refractivity contribution in [3.05, 3.63) is 23.7 Å². The van der Waals surface area contributed by atoms with Gasteiger partial charge in [0.05, 0.1) is 6.54 Å². The number of rotatable bonds is 2. The van der Waals surface area contributed by atoms with Gasteiger partial charge in [-0.2, -0.15) is 0 Å². The first kappa shape index (κ1) is 8.41. The average Bonchev–Trinajstić information content (AvgIpc) is 2.47. The van der Waals surface area contributed by atoms with Gasteiger partial charge in [-0.25, -0.2) is 0 Å². The van der Waals surface area contributed by atoms with E-state index in [2.05, 4.69) is 11.2 Å². The minimum atomic E-state index is -0.277. The monoisotopic (exact) mass is 163 g/mol. The lowest BCUT2D eigenvalue weighted by Crippen LogP contribution is -2.22. The zero-order valence-electron chi connectivity index (χ0n) is 6.76. The molecule has 0 unspecified atom stereocenters. The first-order chi connectivity index (χ1) is 5.74. The number of amides is 1. The van der Waals surface area contributed by atoms with Gasteiger partial charge in [0.15, 0.2) is 5.76 Å². The van der Waals surface area contributed by atoms with E-state index >= 15 is 0 Å². The number of furan rings is 1. The molecule has 1 rings (SSSR count). The molecule has 0 spiro atoms. The third kappa shape index (κ3) is 1.89. The van der Waals surface area contributed by atoms with E-state index < -0.39 is 0 Å². The highest BCUT2D eigenvalue weighted by atomic mass is 16.3. The Morgan fingerprint density at radius 3 is 3.00 bits per heavy atom. The van der Waals surface area contributed by atoms with E-state index in [9.17, 15) is 4.79 Å². The van der Waals surface area contributed by atoms with Gasteiger partial charge in [0.1, 0.15) is 5.76 Å². The number of hydrogen-bond donors (Lipinski definition) is 1. The normalized spacial score (nSPS) is 9.00. The molecule has 1 heterocycles. The molecule has 0 fully saturated rings. The van der Waals surface area contributed by atoms with Crippen LogP contribution in [0.3, 0.4) is 0 Å². The predicted octanol–water partition coefficient (Wildman–Crippen LogP) is 0.951. The highest BCUT2D eigenvalue weighted by Crippen LogP contribution is 2.05. The van der Waals surface area contributed by atoms with E-state index in [1.807, 2.05) is 0 Å². The summed E-state index contributed by atoms with van der Waals surface area (Å²) in [6.45, 7) is 2.00. The molecule has 0 aliphatic heterocycles. The lowest BCUT2D eigenvalue weighted by atomic mass is 10.4. The molecule has 0 bridgehead atoms. The van der Waals surface area contributed by atoms with E-state index in [0.29, 0.717) is 11.5 Å². The number of hydrogen-bond acceptors (Lipinski definition) is 2. The van der Waals surface area contributed by atoms with Gasteiger partial charge >= 0.3 is 0 Å². The number of aryl methyl sites for hydroxylation is 1. The molecule has 0 saturated heterocycles. The Hall–Kier alpha value is -1.69. The SMILES string of the molecule is C#CCNC(=O)c1ccc(C)o1. The zero-order chi connectivity index (χ0) is 8.97. The van der Waals surface area contributed by atoms with Crippen molar-refractivity contribution in [1.82, 2.24) is 5.32 Å². The molecule has 62 valence electrons. The Morgan fingerprint density at radius 1 is 1.75 bits per heavy atom. The van der Waals surface area contributed by atoms with E-state index in [-0.39, 0.29) is 12.5 Å². The minimum absolute atomic E-state index is 0.221. The maximum Gasteiger partial charge on any atom is 0.287 e. The first-order valence-electron chi connectivity index (χ1n) is 3.52. The largest absolute Gasteiger partial charge is 0.456 e. The van der Waals surface area contributed by atoms with Crippen molar-refractivity contribution < 1.29 is 9.21 Å². The molecule has 12 heavy (non-hydrogen) atoms. The Labute approximate surface area is 70.8 Å². The summed E-state index contributed by atoms with van der Waals surface area (Å²) in [7, 11) is 0. The molecule has 0 aromatic carbocycles. The van der Waals surface area contributed by atoms with Crippen molar-refractivity contribution in [1.29, 1.82) is 0 Å². The second-order valence-electron chi connectivity index (χ2n) is 2.30. The summed E-state index contributed by atoms with van der Waals surface area (Å²) >= 11 is 0. The summed E-state index contributed by atoms with van der Waals surface area (Å²) in [5.74, 6) is 3.03. The third-order valence-corrected chi connectivity index (χ3v) is 1.32. The Bertz CT molecular complexity index is 320. The lowest BCUT2D eigenvalue weighted by Gasteiger charge is -1.95. The fourth-order valence-corrected chi connectivity index (χ4v) is 0.775.